The second-order valence-corrected chi connectivity index (χ2v) is 5.31. The van der Waals surface area contributed by atoms with Gasteiger partial charge in [-0.15, -0.1) is 0 Å². The summed E-state index contributed by atoms with van der Waals surface area (Å²) in [6.07, 6.45) is 2.47. The summed E-state index contributed by atoms with van der Waals surface area (Å²) in [6, 6.07) is 0. The van der Waals surface area contributed by atoms with Crippen LogP contribution in [0.25, 0.3) is 0 Å². The summed E-state index contributed by atoms with van der Waals surface area (Å²) >= 11 is 1.45. The third-order valence-electron chi connectivity index (χ3n) is 3.00. The van der Waals surface area contributed by atoms with E-state index in [2.05, 4.69) is 26.9 Å². The Morgan fingerprint density at radius 3 is 2.80 bits per heavy atom. The first-order chi connectivity index (χ1) is 7.18. The van der Waals surface area contributed by atoms with Gasteiger partial charge in [0.05, 0.1) is 0 Å². The lowest BCUT2D eigenvalue weighted by Crippen LogP contribution is -2.39. The summed E-state index contributed by atoms with van der Waals surface area (Å²) in [5, 5.41) is 7.73. The van der Waals surface area contributed by atoms with Gasteiger partial charge in [0.2, 0.25) is 5.13 Å². The van der Waals surface area contributed by atoms with E-state index in [1.54, 1.807) is 0 Å². The molecule has 84 valence electrons. The van der Waals surface area contributed by atoms with Gasteiger partial charge in [-0.05, 0) is 38.3 Å². The van der Waals surface area contributed by atoms with Gasteiger partial charge in [0.25, 0.3) is 0 Å². The van der Waals surface area contributed by atoms with E-state index in [0.717, 1.165) is 30.6 Å². The molecule has 4 nitrogen and oxygen atoms in total. The molecule has 2 rings (SSSR count). The molecule has 1 aliphatic heterocycles. The van der Waals surface area contributed by atoms with E-state index < -0.39 is 0 Å². The van der Waals surface area contributed by atoms with Crippen LogP contribution < -0.4 is 10.6 Å². The van der Waals surface area contributed by atoms with E-state index in [1.807, 2.05) is 6.92 Å². The SMILES string of the molecule is Cc1nsc(NCC2(C)CCNCC2)n1. The Morgan fingerprint density at radius 2 is 2.20 bits per heavy atom. The average Bonchev–Trinajstić information content (AvgIpc) is 2.63. The van der Waals surface area contributed by atoms with Crippen LogP contribution in [-0.2, 0) is 0 Å². The van der Waals surface area contributed by atoms with Gasteiger partial charge in [-0.25, -0.2) is 4.98 Å². The van der Waals surface area contributed by atoms with Crippen molar-refractivity contribution in [3.63, 3.8) is 0 Å². The van der Waals surface area contributed by atoms with Crippen molar-refractivity contribution in [1.82, 2.24) is 14.7 Å². The number of aromatic nitrogens is 2. The number of anilines is 1. The second kappa shape index (κ2) is 4.45. The van der Waals surface area contributed by atoms with Crippen molar-refractivity contribution in [2.75, 3.05) is 25.0 Å². The maximum atomic E-state index is 4.31. The van der Waals surface area contributed by atoms with Crippen LogP contribution in [0.2, 0.25) is 0 Å². The molecule has 0 aliphatic carbocycles. The van der Waals surface area contributed by atoms with Crippen LogP contribution in [0.3, 0.4) is 0 Å². The topological polar surface area (TPSA) is 49.8 Å². The fraction of sp³-hybridized carbons (Fsp3) is 0.800. The Kier molecular flexibility index (Phi) is 3.21. The lowest BCUT2D eigenvalue weighted by atomic mass is 9.81. The molecular formula is C10H18N4S. The molecule has 2 heterocycles. The van der Waals surface area contributed by atoms with E-state index in [9.17, 15) is 0 Å². The van der Waals surface area contributed by atoms with E-state index in [-0.39, 0.29) is 0 Å². The molecule has 1 aliphatic rings. The minimum absolute atomic E-state index is 0.408. The third kappa shape index (κ3) is 2.89. The molecule has 2 N–H and O–H groups in total. The fourth-order valence-corrected chi connectivity index (χ4v) is 2.43. The van der Waals surface area contributed by atoms with Crippen molar-refractivity contribution in [1.29, 1.82) is 0 Å². The molecule has 15 heavy (non-hydrogen) atoms. The van der Waals surface area contributed by atoms with Crippen molar-refractivity contribution in [3.05, 3.63) is 5.82 Å². The molecule has 1 aromatic heterocycles. The van der Waals surface area contributed by atoms with Gasteiger partial charge < -0.3 is 10.6 Å². The van der Waals surface area contributed by atoms with Crippen LogP contribution in [0.15, 0.2) is 0 Å². The lowest BCUT2D eigenvalue weighted by Gasteiger charge is -2.33. The third-order valence-corrected chi connectivity index (χ3v) is 3.77. The maximum absolute atomic E-state index is 4.31. The largest absolute Gasteiger partial charge is 0.360 e. The molecule has 0 amide bonds. The number of nitrogens with one attached hydrogen (secondary N) is 2. The van der Waals surface area contributed by atoms with Crippen molar-refractivity contribution in [2.45, 2.75) is 26.7 Å². The molecule has 5 heteroatoms. The van der Waals surface area contributed by atoms with Crippen molar-refractivity contribution in [3.8, 4) is 0 Å². The zero-order valence-corrected chi connectivity index (χ0v) is 10.2. The van der Waals surface area contributed by atoms with Crippen LogP contribution in [0.5, 0.6) is 0 Å². The fourth-order valence-electron chi connectivity index (χ4n) is 1.86. The summed E-state index contributed by atoms with van der Waals surface area (Å²) in [4.78, 5) is 4.31. The van der Waals surface area contributed by atoms with Crippen molar-refractivity contribution >= 4 is 16.7 Å². The van der Waals surface area contributed by atoms with Crippen LogP contribution in [0, 0.1) is 12.3 Å². The Morgan fingerprint density at radius 1 is 1.47 bits per heavy atom. The van der Waals surface area contributed by atoms with E-state index >= 15 is 0 Å². The molecule has 0 unspecified atom stereocenters. The second-order valence-electron chi connectivity index (χ2n) is 4.56. The highest BCUT2D eigenvalue weighted by Gasteiger charge is 2.26. The Hall–Kier alpha value is -0.680. The number of aryl methyl sites for hydroxylation is 1. The number of hydrogen-bond donors (Lipinski definition) is 2. The molecule has 1 fully saturated rings. The van der Waals surface area contributed by atoms with E-state index in [0.29, 0.717) is 5.41 Å². The van der Waals surface area contributed by atoms with Gasteiger partial charge in [0.15, 0.2) is 0 Å². The highest BCUT2D eigenvalue weighted by Crippen LogP contribution is 2.28. The Bertz CT molecular complexity index is 317. The molecular weight excluding hydrogens is 208 g/mol. The van der Waals surface area contributed by atoms with Crippen LogP contribution in [0.4, 0.5) is 5.13 Å². The van der Waals surface area contributed by atoms with Gasteiger partial charge >= 0.3 is 0 Å². The minimum atomic E-state index is 0.408. The molecule has 0 saturated carbocycles. The van der Waals surface area contributed by atoms with E-state index in [1.165, 1.54) is 24.4 Å². The summed E-state index contributed by atoms with van der Waals surface area (Å²) in [5.41, 5.74) is 0.408. The standard InChI is InChI=1S/C10H18N4S/c1-8-13-9(15-14-8)12-7-10(2)3-5-11-6-4-10/h11H,3-7H2,1-2H3,(H,12,13,14). The summed E-state index contributed by atoms with van der Waals surface area (Å²) in [6.45, 7) is 7.53. The van der Waals surface area contributed by atoms with Crippen LogP contribution in [0.1, 0.15) is 25.6 Å². The first-order valence-electron chi connectivity index (χ1n) is 5.43. The first-order valence-corrected chi connectivity index (χ1v) is 6.20. The quantitative estimate of drug-likeness (QED) is 0.823. The average molecular weight is 226 g/mol. The molecule has 0 radical (unpaired) electrons. The molecule has 0 bridgehead atoms. The van der Waals surface area contributed by atoms with Gasteiger partial charge in [0.1, 0.15) is 5.82 Å². The minimum Gasteiger partial charge on any atom is -0.360 e. The number of hydrogen-bond acceptors (Lipinski definition) is 5. The highest BCUT2D eigenvalue weighted by atomic mass is 32.1. The first kappa shape index (κ1) is 10.8. The monoisotopic (exact) mass is 226 g/mol. The predicted octanol–water partition coefficient (Wildman–Crippen LogP) is 1.65. The molecule has 1 aromatic rings. The van der Waals surface area contributed by atoms with Crippen LogP contribution in [-0.4, -0.2) is 29.0 Å². The van der Waals surface area contributed by atoms with Gasteiger partial charge in [-0.2, -0.15) is 4.37 Å². The number of nitrogens with zero attached hydrogens (tertiary/aromatic N) is 2. The summed E-state index contributed by atoms with van der Waals surface area (Å²) < 4.78 is 4.16. The molecule has 1 saturated heterocycles. The Balaban J connectivity index is 1.86. The zero-order chi connectivity index (χ0) is 10.7. The zero-order valence-electron chi connectivity index (χ0n) is 9.34. The normalized spacial score (nSPS) is 20.1. The molecule has 0 atom stereocenters. The van der Waals surface area contributed by atoms with Crippen molar-refractivity contribution in [2.24, 2.45) is 5.41 Å². The van der Waals surface area contributed by atoms with E-state index in [4.69, 9.17) is 0 Å². The summed E-state index contributed by atoms with van der Waals surface area (Å²) in [5.74, 6) is 0.859. The molecule has 0 spiro atoms. The summed E-state index contributed by atoms with van der Waals surface area (Å²) in [7, 11) is 0. The maximum Gasteiger partial charge on any atom is 0.202 e. The van der Waals surface area contributed by atoms with Crippen LogP contribution >= 0.6 is 11.5 Å². The highest BCUT2D eigenvalue weighted by molar-refractivity contribution is 7.09. The van der Waals surface area contributed by atoms with Crippen molar-refractivity contribution < 1.29 is 0 Å². The van der Waals surface area contributed by atoms with Gasteiger partial charge in [-0.3, -0.25) is 0 Å². The number of rotatable bonds is 3. The lowest BCUT2D eigenvalue weighted by molar-refractivity contribution is 0.247. The van der Waals surface area contributed by atoms with Gasteiger partial charge in [-0.1, -0.05) is 6.92 Å². The Labute approximate surface area is 94.7 Å². The smallest absolute Gasteiger partial charge is 0.202 e. The predicted molar refractivity (Wildman–Crippen MR) is 63.3 cm³/mol. The van der Waals surface area contributed by atoms with Gasteiger partial charge in [0, 0.05) is 18.1 Å². The molecule has 0 aromatic carbocycles. The number of piperidine rings is 1.